The van der Waals surface area contributed by atoms with Crippen molar-refractivity contribution in [3.63, 3.8) is 0 Å². The molecule has 1 N–H and O–H groups in total. The number of carbonyl (C=O) groups excluding carboxylic acids is 3. The smallest absolute Gasteiger partial charge is 0.422 e. The first-order valence-corrected chi connectivity index (χ1v) is 10.6. The Kier molecular flexibility index (Phi) is 8.68. The van der Waals surface area contributed by atoms with E-state index in [1.165, 1.54) is 20.8 Å². The summed E-state index contributed by atoms with van der Waals surface area (Å²) in [5.41, 5.74) is -1.19. The van der Waals surface area contributed by atoms with Gasteiger partial charge in [0, 0.05) is 25.3 Å². The average molecular weight is 423 g/mol. The molecule has 1 aliphatic heterocycles. The third-order valence-corrected chi connectivity index (χ3v) is 5.10. The molecule has 1 amide bonds. The Labute approximate surface area is 165 Å². The Hall–Kier alpha value is -1.88. The van der Waals surface area contributed by atoms with Gasteiger partial charge in [-0.25, -0.2) is 9.59 Å². The summed E-state index contributed by atoms with van der Waals surface area (Å²) >= 11 is 0. The first-order valence-electron chi connectivity index (χ1n) is 9.01. The minimum atomic E-state index is -3.89. The van der Waals surface area contributed by atoms with Crippen LogP contribution in [0.15, 0.2) is 0 Å². The van der Waals surface area contributed by atoms with E-state index in [1.54, 1.807) is 0 Å². The van der Waals surface area contributed by atoms with Crippen LogP contribution in [0.3, 0.4) is 0 Å². The first-order chi connectivity index (χ1) is 12.8. The maximum atomic E-state index is 12.4. The number of carbonyl (C=O) groups is 3. The van der Waals surface area contributed by atoms with Gasteiger partial charge >= 0.3 is 12.1 Å². The SMILES string of the molecule is CC(=O)NCCCS(=O)(=O)OCC(C)(C)[C@H]1OC(=O)OC(CC(C)C)OC1=O. The van der Waals surface area contributed by atoms with Gasteiger partial charge in [-0.3, -0.25) is 8.98 Å². The number of cyclic esters (lactones) is 3. The molecule has 0 radical (unpaired) electrons. The lowest BCUT2D eigenvalue weighted by atomic mass is 9.87. The lowest BCUT2D eigenvalue weighted by Crippen LogP contribution is -2.43. The molecule has 2 atom stereocenters. The van der Waals surface area contributed by atoms with Crippen LogP contribution in [0.4, 0.5) is 4.79 Å². The van der Waals surface area contributed by atoms with Crippen molar-refractivity contribution in [1.82, 2.24) is 5.32 Å². The number of nitrogens with one attached hydrogen (secondary N) is 1. The molecule has 0 aliphatic carbocycles. The number of hydrogen-bond donors (Lipinski definition) is 1. The summed E-state index contributed by atoms with van der Waals surface area (Å²) in [4.78, 5) is 35.0. The summed E-state index contributed by atoms with van der Waals surface area (Å²) in [5.74, 6) is -1.28. The number of hydrogen-bond acceptors (Lipinski definition) is 9. The van der Waals surface area contributed by atoms with Crippen LogP contribution in [0.2, 0.25) is 0 Å². The van der Waals surface area contributed by atoms with Crippen LogP contribution in [0.25, 0.3) is 0 Å². The van der Waals surface area contributed by atoms with E-state index in [9.17, 15) is 22.8 Å². The molecule has 1 fully saturated rings. The van der Waals surface area contributed by atoms with Gasteiger partial charge < -0.3 is 19.5 Å². The molecular formula is C17H29NO9S. The Balaban J connectivity index is 2.68. The zero-order valence-electron chi connectivity index (χ0n) is 16.9. The predicted molar refractivity (Wildman–Crippen MR) is 97.5 cm³/mol. The first kappa shape index (κ1) is 24.2. The molecule has 11 heteroatoms. The topological polar surface area (TPSA) is 134 Å². The summed E-state index contributed by atoms with van der Waals surface area (Å²) in [5, 5.41) is 2.49. The molecule has 1 aliphatic rings. The van der Waals surface area contributed by atoms with Gasteiger partial charge in [0.05, 0.1) is 12.4 Å². The second-order valence-corrected chi connectivity index (χ2v) is 9.47. The van der Waals surface area contributed by atoms with Crippen molar-refractivity contribution < 1.29 is 41.2 Å². The molecular weight excluding hydrogens is 394 g/mol. The molecule has 0 saturated carbocycles. The highest BCUT2D eigenvalue weighted by Gasteiger charge is 2.45. The van der Waals surface area contributed by atoms with Crippen molar-refractivity contribution in [2.75, 3.05) is 18.9 Å². The van der Waals surface area contributed by atoms with Crippen LogP contribution in [-0.4, -0.2) is 57.7 Å². The van der Waals surface area contributed by atoms with E-state index < -0.39 is 46.7 Å². The number of rotatable bonds is 10. The summed E-state index contributed by atoms with van der Waals surface area (Å²) in [7, 11) is -3.89. The molecule has 28 heavy (non-hydrogen) atoms. The monoisotopic (exact) mass is 423 g/mol. The van der Waals surface area contributed by atoms with Gasteiger partial charge in [-0.05, 0) is 12.3 Å². The molecule has 0 aromatic heterocycles. The maximum Gasteiger partial charge on any atom is 0.512 e. The highest BCUT2D eigenvalue weighted by Crippen LogP contribution is 2.29. The van der Waals surface area contributed by atoms with Crippen LogP contribution in [0.5, 0.6) is 0 Å². The summed E-state index contributed by atoms with van der Waals surface area (Å²) in [6, 6.07) is 0. The minimum absolute atomic E-state index is 0.112. The van der Waals surface area contributed by atoms with Crippen molar-refractivity contribution in [2.24, 2.45) is 11.3 Å². The summed E-state index contributed by atoms with van der Waals surface area (Å²) in [6.07, 6.45) is -3.01. The van der Waals surface area contributed by atoms with Gasteiger partial charge in [-0.2, -0.15) is 8.42 Å². The van der Waals surface area contributed by atoms with E-state index in [0.29, 0.717) is 6.42 Å². The molecule has 1 heterocycles. The number of amides is 1. The molecule has 0 aromatic rings. The van der Waals surface area contributed by atoms with E-state index in [4.69, 9.17) is 18.4 Å². The predicted octanol–water partition coefficient (Wildman–Crippen LogP) is 1.34. The normalized spacial score (nSPS) is 20.8. The molecule has 1 saturated heterocycles. The standard InChI is InChI=1S/C17H29NO9S/c1-11(2)9-13-25-15(20)14(27-16(21)26-13)17(4,5)10-24-28(22,23)8-6-7-18-12(3)19/h11,13-14H,6-10H2,1-5H3,(H,18,19)/t13?,14-/m0/s1. The van der Waals surface area contributed by atoms with E-state index in [-0.39, 0.29) is 30.5 Å². The third-order valence-electron chi connectivity index (χ3n) is 3.83. The van der Waals surface area contributed by atoms with Gasteiger partial charge in [-0.15, -0.1) is 0 Å². The quantitative estimate of drug-likeness (QED) is 0.314. The fourth-order valence-corrected chi connectivity index (χ4v) is 3.44. The van der Waals surface area contributed by atoms with Crippen molar-refractivity contribution in [3.05, 3.63) is 0 Å². The lowest BCUT2D eigenvalue weighted by molar-refractivity contribution is -0.172. The highest BCUT2D eigenvalue weighted by molar-refractivity contribution is 7.86. The van der Waals surface area contributed by atoms with E-state index >= 15 is 0 Å². The van der Waals surface area contributed by atoms with Crippen LogP contribution in [0.1, 0.15) is 47.5 Å². The number of esters is 1. The van der Waals surface area contributed by atoms with Gasteiger partial charge in [-0.1, -0.05) is 27.7 Å². The molecule has 1 unspecified atom stereocenters. The van der Waals surface area contributed by atoms with Gasteiger partial charge in [0.25, 0.3) is 16.4 Å². The van der Waals surface area contributed by atoms with Crippen molar-refractivity contribution in [2.45, 2.75) is 59.9 Å². The molecule has 1 rings (SSSR count). The second-order valence-electron chi connectivity index (χ2n) is 7.71. The van der Waals surface area contributed by atoms with Crippen LogP contribution >= 0.6 is 0 Å². The average Bonchev–Trinajstić information content (AvgIpc) is 2.67. The summed E-state index contributed by atoms with van der Waals surface area (Å²) < 4.78 is 44.2. The molecule has 162 valence electrons. The molecule has 10 nitrogen and oxygen atoms in total. The zero-order chi connectivity index (χ0) is 21.5. The Morgan fingerprint density at radius 3 is 2.43 bits per heavy atom. The Morgan fingerprint density at radius 2 is 1.86 bits per heavy atom. The minimum Gasteiger partial charge on any atom is -0.422 e. The van der Waals surface area contributed by atoms with Crippen LogP contribution < -0.4 is 5.32 Å². The second kappa shape index (κ2) is 10.1. The van der Waals surface area contributed by atoms with E-state index in [0.717, 1.165) is 0 Å². The van der Waals surface area contributed by atoms with Crippen molar-refractivity contribution >= 4 is 28.1 Å². The Bertz CT molecular complexity index is 672. The van der Waals surface area contributed by atoms with Crippen molar-refractivity contribution in [1.29, 1.82) is 0 Å². The third kappa shape index (κ3) is 8.42. The fraction of sp³-hybridized carbons (Fsp3) is 0.824. The van der Waals surface area contributed by atoms with E-state index in [1.807, 2.05) is 13.8 Å². The number of ether oxygens (including phenoxy) is 3. The van der Waals surface area contributed by atoms with Crippen LogP contribution in [-0.2, 0) is 38.1 Å². The Morgan fingerprint density at radius 1 is 1.21 bits per heavy atom. The zero-order valence-corrected chi connectivity index (χ0v) is 17.7. The maximum absolute atomic E-state index is 12.4. The molecule has 0 aromatic carbocycles. The van der Waals surface area contributed by atoms with Gasteiger partial charge in [0.1, 0.15) is 0 Å². The van der Waals surface area contributed by atoms with E-state index in [2.05, 4.69) is 5.32 Å². The largest absolute Gasteiger partial charge is 0.512 e. The lowest BCUT2D eigenvalue weighted by Gasteiger charge is -2.29. The molecule has 0 bridgehead atoms. The van der Waals surface area contributed by atoms with Gasteiger partial charge in [0.2, 0.25) is 12.0 Å². The molecule has 0 spiro atoms. The van der Waals surface area contributed by atoms with Crippen molar-refractivity contribution in [3.8, 4) is 0 Å². The highest BCUT2D eigenvalue weighted by atomic mass is 32.2. The van der Waals surface area contributed by atoms with Gasteiger partial charge in [0.15, 0.2) is 0 Å². The fourth-order valence-electron chi connectivity index (χ4n) is 2.34. The summed E-state index contributed by atoms with van der Waals surface area (Å²) in [6.45, 7) is 7.90. The van der Waals surface area contributed by atoms with Crippen LogP contribution in [0, 0.1) is 11.3 Å².